The van der Waals surface area contributed by atoms with Crippen LogP contribution in [-0.4, -0.2) is 21.2 Å². The van der Waals surface area contributed by atoms with E-state index in [1.165, 1.54) is 43.9 Å². The van der Waals surface area contributed by atoms with Crippen LogP contribution in [-0.2, 0) is 0 Å². The van der Waals surface area contributed by atoms with Crippen molar-refractivity contribution in [2.24, 2.45) is 0 Å². The maximum absolute atomic E-state index is 5.70. The van der Waals surface area contributed by atoms with Crippen LogP contribution in [0.5, 0.6) is 0 Å². The highest BCUT2D eigenvalue weighted by atomic mass is 32.2. The summed E-state index contributed by atoms with van der Waals surface area (Å²) < 4.78 is 6.55. The number of fused-ring (bicyclic) bond motifs is 1. The highest BCUT2D eigenvalue weighted by Gasteiger charge is 2.16. The van der Waals surface area contributed by atoms with Gasteiger partial charge in [0.15, 0.2) is 9.92 Å². The normalized spacial score (nSPS) is 16.2. The zero-order valence-corrected chi connectivity index (χ0v) is 13.6. The summed E-state index contributed by atoms with van der Waals surface area (Å²) in [6.45, 7) is 0. The molecule has 1 aliphatic rings. The molecule has 0 atom stereocenters. The fourth-order valence-electron chi connectivity index (χ4n) is 2.70. The Morgan fingerprint density at radius 2 is 2.00 bits per heavy atom. The zero-order chi connectivity index (χ0) is 14.8. The molecule has 0 radical (unpaired) electrons. The number of hydrogen-bond donors (Lipinski definition) is 1. The first kappa shape index (κ1) is 14.0. The molecule has 5 nitrogen and oxygen atoms in total. The average Bonchev–Trinajstić information content (AvgIpc) is 3.14. The third kappa shape index (κ3) is 3.10. The quantitative estimate of drug-likeness (QED) is 0.755. The molecule has 1 aliphatic carbocycles. The number of nitrogens with one attached hydrogen (secondary N) is 1. The van der Waals surface area contributed by atoms with Crippen LogP contribution in [0.3, 0.4) is 0 Å². The molecule has 4 rings (SSSR count). The molecule has 1 aromatic carbocycles. The first-order valence-corrected chi connectivity index (χ1v) is 9.13. The Morgan fingerprint density at radius 1 is 1.14 bits per heavy atom. The molecule has 0 bridgehead atoms. The molecule has 0 saturated heterocycles. The van der Waals surface area contributed by atoms with Crippen molar-refractivity contribution in [3.05, 3.63) is 24.3 Å². The average molecular weight is 332 g/mol. The summed E-state index contributed by atoms with van der Waals surface area (Å²) in [7, 11) is 0. The van der Waals surface area contributed by atoms with Crippen LogP contribution in [0, 0.1) is 0 Å². The SMILES string of the molecule is c1ccc2oc(Sc3nnc(NC4CCCCC4)s3)nc2c1. The fraction of sp³-hybridized carbons (Fsp3) is 0.400. The molecule has 1 fully saturated rings. The van der Waals surface area contributed by atoms with Gasteiger partial charge in [-0.15, -0.1) is 10.2 Å². The Hall–Kier alpha value is -1.60. The summed E-state index contributed by atoms with van der Waals surface area (Å²) in [5.74, 6) is 0. The van der Waals surface area contributed by atoms with E-state index in [1.807, 2.05) is 24.3 Å². The van der Waals surface area contributed by atoms with E-state index in [0.717, 1.165) is 20.6 Å². The Morgan fingerprint density at radius 3 is 2.86 bits per heavy atom. The summed E-state index contributed by atoms with van der Waals surface area (Å²) in [4.78, 5) is 4.45. The first-order valence-electron chi connectivity index (χ1n) is 7.50. The lowest BCUT2D eigenvalue weighted by molar-refractivity contribution is 0.462. The molecule has 7 heteroatoms. The van der Waals surface area contributed by atoms with Gasteiger partial charge in [-0.05, 0) is 25.0 Å². The number of nitrogens with zero attached hydrogens (tertiary/aromatic N) is 3. The second kappa shape index (κ2) is 6.26. The number of rotatable bonds is 4. The smallest absolute Gasteiger partial charge is 0.264 e. The second-order valence-corrected chi connectivity index (χ2v) is 7.58. The van der Waals surface area contributed by atoms with E-state index in [0.29, 0.717) is 11.3 Å². The number of hydrogen-bond acceptors (Lipinski definition) is 7. The van der Waals surface area contributed by atoms with Gasteiger partial charge in [0.05, 0.1) is 0 Å². The van der Waals surface area contributed by atoms with E-state index >= 15 is 0 Å². The van der Waals surface area contributed by atoms with Crippen LogP contribution in [0.2, 0.25) is 0 Å². The molecule has 0 aliphatic heterocycles. The Kier molecular flexibility index (Phi) is 3.99. The summed E-state index contributed by atoms with van der Waals surface area (Å²) in [5, 5.41) is 13.4. The molecule has 0 unspecified atom stereocenters. The minimum absolute atomic E-state index is 0.545. The van der Waals surface area contributed by atoms with Crippen molar-refractivity contribution in [3.8, 4) is 0 Å². The lowest BCUT2D eigenvalue weighted by Crippen LogP contribution is -2.21. The Labute approximate surface area is 136 Å². The highest BCUT2D eigenvalue weighted by Crippen LogP contribution is 2.34. The van der Waals surface area contributed by atoms with E-state index in [4.69, 9.17) is 4.42 Å². The Balaban J connectivity index is 1.44. The third-order valence-corrected chi connectivity index (χ3v) is 5.54. The van der Waals surface area contributed by atoms with Gasteiger partial charge in [0.1, 0.15) is 5.52 Å². The standard InChI is InChI=1S/C15H16N4OS2/c1-2-6-10(7-3-1)16-13-18-19-15(21-13)22-14-17-11-8-4-5-9-12(11)20-14/h4-5,8-10H,1-3,6-7H2,(H,16,18). The molecule has 3 aromatic rings. The van der Waals surface area contributed by atoms with Gasteiger partial charge < -0.3 is 9.73 Å². The van der Waals surface area contributed by atoms with E-state index in [-0.39, 0.29) is 0 Å². The van der Waals surface area contributed by atoms with Crippen LogP contribution in [0.1, 0.15) is 32.1 Å². The summed E-state index contributed by atoms with van der Waals surface area (Å²) in [6.07, 6.45) is 6.43. The van der Waals surface area contributed by atoms with Crippen LogP contribution in [0.15, 0.2) is 38.2 Å². The highest BCUT2D eigenvalue weighted by molar-refractivity contribution is 8.00. The van der Waals surface area contributed by atoms with Gasteiger partial charge in [0, 0.05) is 17.8 Å². The summed E-state index contributed by atoms with van der Waals surface area (Å²) in [5.41, 5.74) is 1.67. The molecular formula is C15H16N4OS2. The van der Waals surface area contributed by atoms with Crippen molar-refractivity contribution >= 4 is 39.3 Å². The van der Waals surface area contributed by atoms with Crippen LogP contribution < -0.4 is 5.32 Å². The third-order valence-electron chi connectivity index (χ3n) is 3.79. The van der Waals surface area contributed by atoms with Gasteiger partial charge in [-0.1, -0.05) is 42.7 Å². The minimum atomic E-state index is 0.545. The van der Waals surface area contributed by atoms with Gasteiger partial charge in [0.25, 0.3) is 5.22 Å². The van der Waals surface area contributed by atoms with Gasteiger partial charge in [0.2, 0.25) is 5.13 Å². The molecular weight excluding hydrogens is 316 g/mol. The monoisotopic (exact) mass is 332 g/mol. The van der Waals surface area contributed by atoms with Crippen LogP contribution in [0.4, 0.5) is 5.13 Å². The summed E-state index contributed by atoms with van der Waals surface area (Å²) in [6, 6.07) is 8.31. The van der Waals surface area contributed by atoms with Crippen molar-refractivity contribution in [2.45, 2.75) is 47.7 Å². The summed E-state index contributed by atoms with van der Waals surface area (Å²) >= 11 is 2.98. The van der Waals surface area contributed by atoms with Crippen LogP contribution in [0.25, 0.3) is 11.1 Å². The molecule has 2 heterocycles. The molecule has 114 valence electrons. The van der Waals surface area contributed by atoms with Gasteiger partial charge in [-0.3, -0.25) is 0 Å². The molecule has 0 spiro atoms. The Bertz CT molecular complexity index is 731. The number of anilines is 1. The molecule has 1 N–H and O–H groups in total. The largest absolute Gasteiger partial charge is 0.431 e. The fourth-order valence-corrected chi connectivity index (χ4v) is 4.38. The predicted molar refractivity (Wildman–Crippen MR) is 88.5 cm³/mol. The molecule has 22 heavy (non-hydrogen) atoms. The molecule has 2 aromatic heterocycles. The topological polar surface area (TPSA) is 63.8 Å². The molecule has 0 amide bonds. The lowest BCUT2D eigenvalue weighted by Gasteiger charge is -2.21. The van der Waals surface area contributed by atoms with Crippen molar-refractivity contribution in [1.29, 1.82) is 0 Å². The number of para-hydroxylation sites is 2. The van der Waals surface area contributed by atoms with Gasteiger partial charge >= 0.3 is 0 Å². The van der Waals surface area contributed by atoms with Crippen molar-refractivity contribution in [2.75, 3.05) is 5.32 Å². The van der Waals surface area contributed by atoms with E-state index < -0.39 is 0 Å². The second-order valence-electron chi connectivity index (χ2n) is 5.40. The van der Waals surface area contributed by atoms with E-state index in [1.54, 1.807) is 11.3 Å². The van der Waals surface area contributed by atoms with E-state index in [2.05, 4.69) is 20.5 Å². The van der Waals surface area contributed by atoms with Gasteiger partial charge in [-0.25, -0.2) is 4.98 Å². The maximum Gasteiger partial charge on any atom is 0.264 e. The van der Waals surface area contributed by atoms with E-state index in [9.17, 15) is 0 Å². The maximum atomic E-state index is 5.70. The van der Waals surface area contributed by atoms with Crippen molar-refractivity contribution < 1.29 is 4.42 Å². The number of aromatic nitrogens is 3. The predicted octanol–water partition coefficient (Wildman–Crippen LogP) is 4.58. The zero-order valence-electron chi connectivity index (χ0n) is 12.0. The van der Waals surface area contributed by atoms with Crippen molar-refractivity contribution in [1.82, 2.24) is 15.2 Å². The number of oxazole rings is 1. The lowest BCUT2D eigenvalue weighted by atomic mass is 9.96. The van der Waals surface area contributed by atoms with Gasteiger partial charge in [-0.2, -0.15) is 0 Å². The first-order chi connectivity index (χ1) is 10.9. The molecule has 1 saturated carbocycles. The minimum Gasteiger partial charge on any atom is -0.431 e. The van der Waals surface area contributed by atoms with Crippen molar-refractivity contribution in [3.63, 3.8) is 0 Å². The van der Waals surface area contributed by atoms with Crippen LogP contribution >= 0.6 is 23.1 Å². The number of benzene rings is 1.